The molecule has 2 heterocycles. The first kappa shape index (κ1) is 19.3. The zero-order chi connectivity index (χ0) is 20.5. The number of nitrogens with zero attached hydrogens (tertiary/aromatic N) is 2. The molecular weight excluding hydrogens is 388 g/mol. The molecule has 150 valence electrons. The van der Waals surface area contributed by atoms with Crippen LogP contribution >= 0.6 is 11.3 Å². The van der Waals surface area contributed by atoms with Crippen molar-refractivity contribution in [2.45, 2.75) is 38.6 Å². The molecule has 8 heteroatoms. The fourth-order valence-electron chi connectivity index (χ4n) is 3.72. The third kappa shape index (κ3) is 3.93. The zero-order valence-electron chi connectivity index (χ0n) is 16.2. The molecule has 1 aromatic carbocycles. The number of hydrogen-bond donors (Lipinski definition) is 2. The molecule has 0 spiro atoms. The predicted molar refractivity (Wildman–Crippen MR) is 112 cm³/mol. The molecule has 0 saturated heterocycles. The molecule has 2 aromatic heterocycles. The minimum absolute atomic E-state index is 0.0413. The van der Waals surface area contributed by atoms with Crippen LogP contribution in [0.2, 0.25) is 0 Å². The van der Waals surface area contributed by atoms with Crippen LogP contribution in [-0.4, -0.2) is 33.7 Å². The number of carbonyl (C=O) groups excluding carboxylic acids is 2. The molecule has 4 rings (SSSR count). The molecule has 1 aliphatic rings. The highest BCUT2D eigenvalue weighted by atomic mass is 32.1. The van der Waals surface area contributed by atoms with Crippen LogP contribution in [0.4, 0.5) is 0 Å². The fourth-order valence-corrected chi connectivity index (χ4v) is 5.00. The Morgan fingerprint density at radius 2 is 2.00 bits per heavy atom. The first-order valence-electron chi connectivity index (χ1n) is 9.58. The van der Waals surface area contributed by atoms with Crippen molar-refractivity contribution in [1.29, 1.82) is 0 Å². The molecule has 7 nitrogen and oxygen atoms in total. The lowest BCUT2D eigenvalue weighted by Gasteiger charge is -2.17. The molecule has 0 unspecified atom stereocenters. The van der Waals surface area contributed by atoms with Crippen LogP contribution in [0, 0.1) is 0 Å². The van der Waals surface area contributed by atoms with Crippen LogP contribution in [-0.2, 0) is 30.6 Å². The van der Waals surface area contributed by atoms with Crippen molar-refractivity contribution in [3.05, 3.63) is 62.0 Å². The number of primary amides is 1. The molecule has 0 saturated carbocycles. The van der Waals surface area contributed by atoms with E-state index in [0.717, 1.165) is 40.6 Å². The van der Waals surface area contributed by atoms with E-state index in [2.05, 4.69) is 9.97 Å². The zero-order valence-corrected chi connectivity index (χ0v) is 17.0. The summed E-state index contributed by atoms with van der Waals surface area (Å²) in [7, 11) is 1.73. The SMILES string of the molecule is CN(Cc1ccc(C(N)=O)cc1)C(=O)CCc1nc2sc3c(c2c(=O)[nH]1)CCC3. The fraction of sp³-hybridized carbons (Fsp3) is 0.333. The van der Waals surface area contributed by atoms with Crippen LogP contribution in [0.3, 0.4) is 0 Å². The van der Waals surface area contributed by atoms with Gasteiger partial charge in [0, 0.05) is 36.9 Å². The maximum atomic E-state index is 12.5. The number of aromatic nitrogens is 2. The van der Waals surface area contributed by atoms with Gasteiger partial charge in [0.05, 0.1) is 5.39 Å². The maximum Gasteiger partial charge on any atom is 0.259 e. The number of hydrogen-bond acceptors (Lipinski definition) is 5. The second-order valence-electron chi connectivity index (χ2n) is 7.36. The first-order valence-corrected chi connectivity index (χ1v) is 10.4. The molecule has 3 aromatic rings. The summed E-state index contributed by atoms with van der Waals surface area (Å²) in [6.07, 6.45) is 3.72. The lowest BCUT2D eigenvalue weighted by atomic mass is 10.1. The van der Waals surface area contributed by atoms with Crippen molar-refractivity contribution in [2.75, 3.05) is 7.05 Å². The number of nitrogens with two attached hydrogens (primary N) is 1. The highest BCUT2D eigenvalue weighted by Crippen LogP contribution is 2.34. The molecule has 0 aliphatic heterocycles. The van der Waals surface area contributed by atoms with Crippen molar-refractivity contribution >= 4 is 33.4 Å². The summed E-state index contributed by atoms with van der Waals surface area (Å²) in [4.78, 5) is 47.2. The minimum Gasteiger partial charge on any atom is -0.366 e. The maximum absolute atomic E-state index is 12.5. The Morgan fingerprint density at radius 3 is 2.72 bits per heavy atom. The Labute approximate surface area is 171 Å². The van der Waals surface area contributed by atoms with Crippen LogP contribution in [0.5, 0.6) is 0 Å². The number of fused-ring (bicyclic) bond motifs is 3. The largest absolute Gasteiger partial charge is 0.366 e. The second-order valence-corrected chi connectivity index (χ2v) is 8.44. The van der Waals surface area contributed by atoms with E-state index in [1.54, 1.807) is 47.5 Å². The number of nitrogens with one attached hydrogen (secondary N) is 1. The predicted octanol–water partition coefficient (Wildman–Crippen LogP) is 2.16. The molecule has 0 atom stereocenters. The van der Waals surface area contributed by atoms with Gasteiger partial charge in [0.15, 0.2) is 0 Å². The smallest absolute Gasteiger partial charge is 0.259 e. The summed E-state index contributed by atoms with van der Waals surface area (Å²) in [5, 5.41) is 0.731. The standard InChI is InChI=1S/C21H22N4O3S/c1-25(11-12-5-7-13(8-6-12)19(22)27)17(26)10-9-16-23-20(28)18-14-3-2-4-15(14)29-21(18)24-16/h5-8H,2-4,9-11H2,1H3,(H2,22,27)(H,23,24,28). The quantitative estimate of drug-likeness (QED) is 0.649. The third-order valence-corrected chi connectivity index (χ3v) is 6.47. The van der Waals surface area contributed by atoms with Crippen molar-refractivity contribution in [1.82, 2.24) is 14.9 Å². The van der Waals surface area contributed by atoms with E-state index in [1.165, 1.54) is 4.88 Å². The van der Waals surface area contributed by atoms with Gasteiger partial charge in [-0.15, -0.1) is 11.3 Å². The highest BCUT2D eigenvalue weighted by Gasteiger charge is 2.21. The Balaban J connectivity index is 1.40. The summed E-state index contributed by atoms with van der Waals surface area (Å²) >= 11 is 1.60. The van der Waals surface area contributed by atoms with Crippen molar-refractivity contribution in [3.63, 3.8) is 0 Å². The van der Waals surface area contributed by atoms with Crippen LogP contribution < -0.4 is 11.3 Å². The van der Waals surface area contributed by atoms with E-state index >= 15 is 0 Å². The summed E-state index contributed by atoms with van der Waals surface area (Å²) < 4.78 is 0. The monoisotopic (exact) mass is 410 g/mol. The molecule has 3 N–H and O–H groups in total. The summed E-state index contributed by atoms with van der Waals surface area (Å²) in [5.74, 6) is 0.0331. The van der Waals surface area contributed by atoms with E-state index in [4.69, 9.17) is 5.73 Å². The number of thiophene rings is 1. The van der Waals surface area contributed by atoms with Crippen molar-refractivity contribution in [3.8, 4) is 0 Å². The lowest BCUT2D eigenvalue weighted by Crippen LogP contribution is -2.27. The van der Waals surface area contributed by atoms with E-state index in [9.17, 15) is 14.4 Å². The number of rotatable bonds is 6. The minimum atomic E-state index is -0.476. The molecule has 0 fully saturated rings. The highest BCUT2D eigenvalue weighted by molar-refractivity contribution is 7.18. The third-order valence-electron chi connectivity index (χ3n) is 5.28. The number of benzene rings is 1. The van der Waals surface area contributed by atoms with E-state index in [0.29, 0.717) is 24.4 Å². The molecule has 0 radical (unpaired) electrons. The van der Waals surface area contributed by atoms with Gasteiger partial charge in [-0.2, -0.15) is 0 Å². The molecule has 1 aliphatic carbocycles. The molecular formula is C21H22N4O3S. The Bertz CT molecular complexity index is 1150. The Hall–Kier alpha value is -3.00. The average molecular weight is 410 g/mol. The number of amides is 2. The van der Waals surface area contributed by atoms with Gasteiger partial charge in [0.25, 0.3) is 5.56 Å². The van der Waals surface area contributed by atoms with Gasteiger partial charge in [-0.3, -0.25) is 14.4 Å². The number of aromatic amines is 1. The van der Waals surface area contributed by atoms with Gasteiger partial charge in [-0.25, -0.2) is 4.98 Å². The Morgan fingerprint density at radius 1 is 1.24 bits per heavy atom. The lowest BCUT2D eigenvalue weighted by molar-refractivity contribution is -0.130. The Kier molecular flexibility index (Phi) is 5.19. The summed E-state index contributed by atoms with van der Waals surface area (Å²) in [6.45, 7) is 0.429. The molecule has 29 heavy (non-hydrogen) atoms. The number of H-pyrrole nitrogens is 1. The van der Waals surface area contributed by atoms with E-state index in [1.807, 2.05) is 0 Å². The van der Waals surface area contributed by atoms with Crippen molar-refractivity contribution in [2.24, 2.45) is 5.73 Å². The van der Waals surface area contributed by atoms with Gasteiger partial charge in [0.1, 0.15) is 10.7 Å². The topological polar surface area (TPSA) is 109 Å². The van der Waals surface area contributed by atoms with Gasteiger partial charge in [-0.05, 0) is 42.5 Å². The van der Waals surface area contributed by atoms with Crippen LogP contribution in [0.1, 0.15) is 45.0 Å². The van der Waals surface area contributed by atoms with Gasteiger partial charge >= 0.3 is 0 Å². The summed E-state index contributed by atoms with van der Waals surface area (Å²) in [5.41, 5.74) is 7.65. The van der Waals surface area contributed by atoms with Crippen LogP contribution in [0.25, 0.3) is 10.2 Å². The van der Waals surface area contributed by atoms with Gasteiger partial charge in [-0.1, -0.05) is 12.1 Å². The molecule has 0 bridgehead atoms. The first-order chi connectivity index (χ1) is 13.9. The average Bonchev–Trinajstić information content (AvgIpc) is 3.27. The number of aryl methyl sites for hydroxylation is 3. The number of carbonyl (C=O) groups is 2. The second kappa shape index (κ2) is 7.79. The van der Waals surface area contributed by atoms with Gasteiger partial charge < -0.3 is 15.6 Å². The normalized spacial score (nSPS) is 12.9. The molecule has 2 amide bonds. The van der Waals surface area contributed by atoms with Gasteiger partial charge in [0.2, 0.25) is 11.8 Å². The summed E-state index contributed by atoms with van der Waals surface area (Å²) in [6, 6.07) is 6.87. The van der Waals surface area contributed by atoms with E-state index in [-0.39, 0.29) is 17.9 Å². The van der Waals surface area contributed by atoms with E-state index < -0.39 is 5.91 Å². The van der Waals surface area contributed by atoms with Crippen molar-refractivity contribution < 1.29 is 9.59 Å². The van der Waals surface area contributed by atoms with Crippen LogP contribution in [0.15, 0.2) is 29.1 Å².